The number of thiophene rings is 1. The average Bonchev–Trinajstić information content (AvgIpc) is 3.16. The van der Waals surface area contributed by atoms with E-state index in [1.54, 1.807) is 16.8 Å². The van der Waals surface area contributed by atoms with Crippen molar-refractivity contribution in [1.29, 1.82) is 0 Å². The maximum atomic E-state index is 12.3. The van der Waals surface area contributed by atoms with Gasteiger partial charge in [-0.15, -0.1) is 11.3 Å². The molecule has 0 aliphatic heterocycles. The van der Waals surface area contributed by atoms with Crippen LogP contribution in [0.5, 0.6) is 11.5 Å². The number of aromatic amines is 1. The van der Waals surface area contributed by atoms with E-state index in [0.717, 1.165) is 5.56 Å². The number of carboxylic acids is 1. The largest absolute Gasteiger partial charge is 0.501 e. The Morgan fingerprint density at radius 2 is 2.03 bits per heavy atom. The van der Waals surface area contributed by atoms with Crippen LogP contribution >= 0.6 is 11.3 Å². The van der Waals surface area contributed by atoms with E-state index >= 15 is 0 Å². The van der Waals surface area contributed by atoms with Crippen molar-refractivity contribution in [3.05, 3.63) is 56.6 Å². The summed E-state index contributed by atoms with van der Waals surface area (Å²) in [7, 11) is 1.54. The second kappa shape index (κ2) is 8.44. The van der Waals surface area contributed by atoms with E-state index in [2.05, 4.69) is 20.6 Å². The molecular weight excluding hydrogens is 400 g/mol. The van der Waals surface area contributed by atoms with Crippen molar-refractivity contribution in [1.82, 2.24) is 15.3 Å². The SMILES string of the molecule is COc1ccccc1CNC(=O)Nc1cscc1-c1nc(C(=O)O)c(O)c(=O)[nH]1. The van der Waals surface area contributed by atoms with Crippen LogP contribution < -0.4 is 20.9 Å². The number of benzene rings is 1. The van der Waals surface area contributed by atoms with Gasteiger partial charge in [-0.1, -0.05) is 18.2 Å². The number of carboxylic acid groups (broad SMARTS) is 1. The van der Waals surface area contributed by atoms with Gasteiger partial charge >= 0.3 is 12.0 Å². The Hall–Kier alpha value is -3.86. The van der Waals surface area contributed by atoms with Crippen molar-refractivity contribution in [2.45, 2.75) is 6.54 Å². The van der Waals surface area contributed by atoms with Gasteiger partial charge < -0.3 is 30.6 Å². The summed E-state index contributed by atoms with van der Waals surface area (Å²) in [6.07, 6.45) is 0. The van der Waals surface area contributed by atoms with Crippen LogP contribution in [0.2, 0.25) is 0 Å². The quantitative estimate of drug-likeness (QED) is 0.413. The van der Waals surface area contributed by atoms with Crippen molar-refractivity contribution < 1.29 is 24.5 Å². The van der Waals surface area contributed by atoms with Gasteiger partial charge in [-0.25, -0.2) is 14.6 Å². The molecule has 2 heterocycles. The van der Waals surface area contributed by atoms with Crippen molar-refractivity contribution in [2.24, 2.45) is 0 Å². The molecule has 0 bridgehead atoms. The summed E-state index contributed by atoms with van der Waals surface area (Å²) in [6, 6.07) is 6.71. The van der Waals surface area contributed by atoms with E-state index < -0.39 is 29.0 Å². The molecular formula is C18H16N4O6S. The minimum atomic E-state index is -1.55. The van der Waals surface area contributed by atoms with Gasteiger partial charge in [-0.05, 0) is 6.07 Å². The predicted octanol–water partition coefficient (Wildman–Crippen LogP) is 2.23. The summed E-state index contributed by atoms with van der Waals surface area (Å²) in [5.41, 5.74) is -0.363. The number of amides is 2. The average molecular weight is 416 g/mol. The number of carbonyl (C=O) groups excluding carboxylic acids is 1. The lowest BCUT2D eigenvalue weighted by Gasteiger charge is -2.11. The number of aromatic carboxylic acids is 1. The molecule has 11 heteroatoms. The second-order valence-corrected chi connectivity index (χ2v) is 6.48. The summed E-state index contributed by atoms with van der Waals surface area (Å²) in [6.45, 7) is 0.215. The maximum Gasteiger partial charge on any atom is 0.358 e. The zero-order chi connectivity index (χ0) is 21.0. The molecule has 3 rings (SSSR count). The van der Waals surface area contributed by atoms with E-state index in [4.69, 9.17) is 9.84 Å². The Balaban J connectivity index is 1.78. The minimum absolute atomic E-state index is 0.0912. The number of H-pyrrole nitrogens is 1. The van der Waals surface area contributed by atoms with Gasteiger partial charge in [-0.3, -0.25) is 4.79 Å². The van der Waals surface area contributed by atoms with Gasteiger partial charge in [0.2, 0.25) is 5.75 Å². The molecule has 10 nitrogen and oxygen atoms in total. The molecule has 0 atom stereocenters. The molecule has 0 saturated heterocycles. The molecule has 150 valence electrons. The number of rotatable bonds is 6. The van der Waals surface area contributed by atoms with Gasteiger partial charge in [0.1, 0.15) is 11.6 Å². The van der Waals surface area contributed by atoms with E-state index in [1.165, 1.54) is 18.4 Å². The van der Waals surface area contributed by atoms with Gasteiger partial charge in [-0.2, -0.15) is 0 Å². The van der Waals surface area contributed by atoms with Gasteiger partial charge in [0, 0.05) is 22.9 Å². The number of aromatic nitrogens is 2. The zero-order valence-corrected chi connectivity index (χ0v) is 15.9. The molecule has 0 aliphatic carbocycles. The molecule has 3 aromatic rings. The third-order valence-electron chi connectivity index (χ3n) is 3.89. The fourth-order valence-electron chi connectivity index (χ4n) is 2.51. The van der Waals surface area contributed by atoms with Gasteiger partial charge in [0.15, 0.2) is 5.69 Å². The predicted molar refractivity (Wildman–Crippen MR) is 106 cm³/mol. The maximum absolute atomic E-state index is 12.3. The molecule has 0 radical (unpaired) electrons. The van der Waals surface area contributed by atoms with Crippen LogP contribution in [0, 0.1) is 0 Å². The number of aromatic hydroxyl groups is 1. The summed E-state index contributed by atoms with van der Waals surface area (Å²) in [5.74, 6) is -1.99. The number of nitrogens with zero attached hydrogens (tertiary/aromatic N) is 1. The summed E-state index contributed by atoms with van der Waals surface area (Å²) >= 11 is 1.21. The molecule has 0 fully saturated rings. The Labute approximate surface area is 167 Å². The number of anilines is 1. The fraction of sp³-hybridized carbons (Fsp3) is 0.111. The zero-order valence-electron chi connectivity index (χ0n) is 15.1. The highest BCUT2D eigenvalue weighted by Gasteiger charge is 2.20. The molecule has 0 unspecified atom stereocenters. The smallest absolute Gasteiger partial charge is 0.358 e. The molecule has 0 aliphatic rings. The second-order valence-electron chi connectivity index (χ2n) is 5.74. The summed E-state index contributed by atoms with van der Waals surface area (Å²) in [4.78, 5) is 41.3. The normalized spacial score (nSPS) is 10.4. The van der Waals surface area contributed by atoms with Crippen LogP contribution in [-0.2, 0) is 6.54 Å². The molecule has 0 saturated carbocycles. The molecule has 2 amide bonds. The molecule has 5 N–H and O–H groups in total. The number of para-hydroxylation sites is 1. The molecule has 0 spiro atoms. The van der Waals surface area contributed by atoms with Crippen LogP contribution in [-0.4, -0.2) is 39.3 Å². The standard InChI is InChI=1S/C18H16N4O6S/c1-28-12-5-3-2-4-9(12)6-19-18(27)20-11-8-29-7-10(11)15-21-13(17(25)26)14(23)16(24)22-15/h2-5,7-8,23H,6H2,1H3,(H,25,26)(H2,19,20,27)(H,21,22,24). The number of hydrogen-bond acceptors (Lipinski definition) is 7. The van der Waals surface area contributed by atoms with E-state index in [0.29, 0.717) is 17.0 Å². The third-order valence-corrected chi connectivity index (χ3v) is 4.64. The Morgan fingerprint density at radius 1 is 1.28 bits per heavy atom. The van der Waals surface area contributed by atoms with Crippen LogP contribution in [0.25, 0.3) is 11.4 Å². The fourth-order valence-corrected chi connectivity index (χ4v) is 3.28. The first kappa shape index (κ1) is 19.9. The van der Waals surface area contributed by atoms with Gasteiger partial charge in [0.05, 0.1) is 18.4 Å². The van der Waals surface area contributed by atoms with Crippen molar-refractivity contribution in [3.8, 4) is 22.9 Å². The molecule has 1 aromatic carbocycles. The number of carbonyl (C=O) groups is 2. The van der Waals surface area contributed by atoms with E-state index in [9.17, 15) is 19.5 Å². The lowest BCUT2D eigenvalue weighted by atomic mass is 10.2. The van der Waals surface area contributed by atoms with Crippen molar-refractivity contribution in [2.75, 3.05) is 12.4 Å². The van der Waals surface area contributed by atoms with Crippen LogP contribution in [0.3, 0.4) is 0 Å². The lowest BCUT2D eigenvalue weighted by molar-refractivity contribution is 0.0686. The molecule has 2 aromatic heterocycles. The Kier molecular flexibility index (Phi) is 5.79. The van der Waals surface area contributed by atoms with E-state index in [-0.39, 0.29) is 12.4 Å². The summed E-state index contributed by atoms with van der Waals surface area (Å²) in [5, 5.41) is 27.1. The number of ether oxygens (including phenoxy) is 1. The number of nitrogens with one attached hydrogen (secondary N) is 3. The monoisotopic (exact) mass is 416 g/mol. The highest BCUT2D eigenvalue weighted by Crippen LogP contribution is 2.29. The van der Waals surface area contributed by atoms with E-state index in [1.807, 2.05) is 18.2 Å². The Bertz CT molecular complexity index is 1120. The van der Waals surface area contributed by atoms with Crippen LogP contribution in [0.4, 0.5) is 10.5 Å². The van der Waals surface area contributed by atoms with Crippen molar-refractivity contribution >= 4 is 29.0 Å². The van der Waals surface area contributed by atoms with Crippen LogP contribution in [0.1, 0.15) is 16.1 Å². The highest BCUT2D eigenvalue weighted by atomic mass is 32.1. The lowest BCUT2D eigenvalue weighted by Crippen LogP contribution is -2.28. The first-order valence-corrected chi connectivity index (χ1v) is 9.15. The topological polar surface area (TPSA) is 154 Å². The number of methoxy groups -OCH3 is 1. The Morgan fingerprint density at radius 3 is 2.76 bits per heavy atom. The van der Waals surface area contributed by atoms with Crippen LogP contribution in [0.15, 0.2) is 39.8 Å². The highest BCUT2D eigenvalue weighted by molar-refractivity contribution is 7.08. The first-order chi connectivity index (χ1) is 13.9. The third kappa shape index (κ3) is 4.35. The van der Waals surface area contributed by atoms with Crippen molar-refractivity contribution in [3.63, 3.8) is 0 Å². The number of hydrogen-bond donors (Lipinski definition) is 5. The molecule has 29 heavy (non-hydrogen) atoms. The van der Waals surface area contributed by atoms with Gasteiger partial charge in [0.25, 0.3) is 5.56 Å². The summed E-state index contributed by atoms with van der Waals surface area (Å²) < 4.78 is 5.23. The minimum Gasteiger partial charge on any atom is -0.501 e. The number of urea groups is 1. The first-order valence-electron chi connectivity index (χ1n) is 8.20.